The molecule has 0 radical (unpaired) electrons. The van der Waals surface area contributed by atoms with E-state index in [1.165, 1.54) is 0 Å². The molecule has 0 N–H and O–H groups in total. The Morgan fingerprint density at radius 2 is 1.75 bits per heavy atom. The first kappa shape index (κ1) is 21.6. The number of pyridine rings is 1. The Morgan fingerprint density at radius 3 is 2.47 bits per heavy atom. The fourth-order valence-electron chi connectivity index (χ4n) is 3.77. The molecule has 1 heterocycles. The van der Waals surface area contributed by atoms with Gasteiger partial charge in [-0.05, 0) is 55.0 Å². The third kappa shape index (κ3) is 4.23. The van der Waals surface area contributed by atoms with Gasteiger partial charge in [-0.15, -0.1) is 0 Å². The lowest BCUT2D eigenvalue weighted by molar-refractivity contribution is 0.104. The molecule has 0 unspecified atom stereocenters. The smallest absolute Gasteiger partial charge is 0.188 e. The predicted octanol–water partition coefficient (Wildman–Crippen LogP) is 6.78. The van der Waals surface area contributed by atoms with E-state index in [0.717, 1.165) is 27.6 Å². The summed E-state index contributed by atoms with van der Waals surface area (Å²) in [5.74, 6) is 1.16. The van der Waals surface area contributed by atoms with E-state index in [0.29, 0.717) is 27.8 Å². The molecule has 0 aliphatic heterocycles. The Morgan fingerprint density at radius 1 is 0.969 bits per heavy atom. The van der Waals surface area contributed by atoms with Gasteiger partial charge in [-0.3, -0.25) is 9.78 Å². The molecule has 0 amide bonds. The zero-order valence-electron chi connectivity index (χ0n) is 18.1. The second-order valence-electron chi connectivity index (χ2n) is 7.28. The van der Waals surface area contributed by atoms with Crippen LogP contribution in [0.2, 0.25) is 5.02 Å². The van der Waals surface area contributed by atoms with Crippen LogP contribution in [0.4, 0.5) is 0 Å². The van der Waals surface area contributed by atoms with Gasteiger partial charge >= 0.3 is 0 Å². The van der Waals surface area contributed by atoms with Gasteiger partial charge in [0.15, 0.2) is 5.78 Å². The first-order valence-electron chi connectivity index (χ1n) is 10.1. The van der Waals surface area contributed by atoms with Crippen LogP contribution in [-0.2, 0) is 0 Å². The largest absolute Gasteiger partial charge is 0.497 e. The van der Waals surface area contributed by atoms with Crippen molar-refractivity contribution in [2.24, 2.45) is 0 Å². The highest BCUT2D eigenvalue weighted by atomic mass is 35.5. The minimum atomic E-state index is -0.145. The van der Waals surface area contributed by atoms with Crippen molar-refractivity contribution in [1.29, 1.82) is 0 Å². The number of carbonyl (C=O) groups excluding carboxylic acids is 1. The normalized spacial score (nSPS) is 11.1. The lowest BCUT2D eigenvalue weighted by Crippen LogP contribution is -2.05. The summed E-state index contributed by atoms with van der Waals surface area (Å²) in [6.45, 7) is 1.86. The van der Waals surface area contributed by atoms with E-state index in [1.54, 1.807) is 32.4 Å². The van der Waals surface area contributed by atoms with Crippen LogP contribution >= 0.6 is 11.6 Å². The number of benzene rings is 3. The van der Waals surface area contributed by atoms with Crippen molar-refractivity contribution in [3.8, 4) is 22.6 Å². The Kier molecular flexibility index (Phi) is 6.24. The number of rotatable bonds is 6. The molecule has 5 heteroatoms. The standard InChI is InChI=1S/C27H22ClNO3/c1-17-26(24(30)14-10-18-9-12-21(31-2)16-25(18)32-3)27(19-7-5-4-6-8-19)22-15-20(28)11-13-23(22)29-17/h4-16H,1-3H3. The summed E-state index contributed by atoms with van der Waals surface area (Å²) in [5.41, 5.74) is 4.54. The number of halogens is 1. The minimum absolute atomic E-state index is 0.145. The van der Waals surface area contributed by atoms with E-state index < -0.39 is 0 Å². The average molecular weight is 444 g/mol. The molecule has 4 nitrogen and oxygen atoms in total. The molecule has 160 valence electrons. The van der Waals surface area contributed by atoms with Crippen molar-refractivity contribution in [1.82, 2.24) is 4.98 Å². The van der Waals surface area contributed by atoms with Crippen molar-refractivity contribution in [2.45, 2.75) is 6.92 Å². The van der Waals surface area contributed by atoms with E-state index in [4.69, 9.17) is 21.1 Å². The monoisotopic (exact) mass is 443 g/mol. The highest BCUT2D eigenvalue weighted by Crippen LogP contribution is 2.35. The van der Waals surface area contributed by atoms with Crippen LogP contribution in [0, 0.1) is 6.92 Å². The SMILES string of the molecule is COc1ccc(C=CC(=O)c2c(C)nc3ccc(Cl)cc3c2-c2ccccc2)c(OC)c1. The number of allylic oxidation sites excluding steroid dienone is 1. The van der Waals surface area contributed by atoms with Crippen molar-refractivity contribution in [3.63, 3.8) is 0 Å². The van der Waals surface area contributed by atoms with Gasteiger partial charge in [0.05, 0.1) is 25.3 Å². The molecule has 0 saturated heterocycles. The number of methoxy groups -OCH3 is 2. The highest BCUT2D eigenvalue weighted by molar-refractivity contribution is 6.31. The Bertz CT molecular complexity index is 1330. The van der Waals surface area contributed by atoms with Crippen LogP contribution in [0.5, 0.6) is 11.5 Å². The number of nitrogens with zero attached hydrogens (tertiary/aromatic N) is 1. The van der Waals surface area contributed by atoms with Crippen molar-refractivity contribution < 1.29 is 14.3 Å². The maximum Gasteiger partial charge on any atom is 0.188 e. The lowest BCUT2D eigenvalue weighted by Gasteiger charge is -2.14. The molecule has 0 fully saturated rings. The summed E-state index contributed by atoms with van der Waals surface area (Å²) in [4.78, 5) is 18.1. The van der Waals surface area contributed by atoms with Gasteiger partial charge in [-0.1, -0.05) is 41.9 Å². The van der Waals surface area contributed by atoms with Crippen LogP contribution in [0.1, 0.15) is 21.6 Å². The van der Waals surface area contributed by atoms with Gasteiger partial charge in [0.25, 0.3) is 0 Å². The molecule has 0 spiro atoms. The van der Waals surface area contributed by atoms with E-state index in [1.807, 2.05) is 67.6 Å². The van der Waals surface area contributed by atoms with E-state index in [9.17, 15) is 4.79 Å². The molecule has 0 aliphatic carbocycles. The molecule has 32 heavy (non-hydrogen) atoms. The number of carbonyl (C=O) groups is 1. The van der Waals surface area contributed by atoms with Crippen LogP contribution < -0.4 is 9.47 Å². The van der Waals surface area contributed by atoms with Gasteiger partial charge in [0.2, 0.25) is 0 Å². The van der Waals surface area contributed by atoms with Crippen molar-refractivity contribution in [3.05, 3.63) is 94.6 Å². The Hall–Kier alpha value is -3.63. The minimum Gasteiger partial charge on any atom is -0.497 e. The molecule has 0 saturated carbocycles. The first-order chi connectivity index (χ1) is 15.5. The summed E-state index contributed by atoms with van der Waals surface area (Å²) in [7, 11) is 3.18. The van der Waals surface area contributed by atoms with E-state index in [-0.39, 0.29) is 5.78 Å². The van der Waals surface area contributed by atoms with Crippen LogP contribution in [-0.4, -0.2) is 25.0 Å². The predicted molar refractivity (Wildman–Crippen MR) is 130 cm³/mol. The average Bonchev–Trinajstić information content (AvgIpc) is 2.82. The second kappa shape index (κ2) is 9.25. The summed E-state index contributed by atoms with van der Waals surface area (Å²) in [6, 6.07) is 20.8. The molecular weight excluding hydrogens is 422 g/mol. The van der Waals surface area contributed by atoms with Gasteiger partial charge in [0, 0.05) is 33.3 Å². The second-order valence-corrected chi connectivity index (χ2v) is 7.72. The number of ether oxygens (including phenoxy) is 2. The van der Waals surface area contributed by atoms with Gasteiger partial charge < -0.3 is 9.47 Å². The number of aromatic nitrogens is 1. The molecule has 1 aromatic heterocycles. The number of hydrogen-bond acceptors (Lipinski definition) is 4. The number of hydrogen-bond donors (Lipinski definition) is 0. The summed E-state index contributed by atoms with van der Waals surface area (Å²) in [5, 5.41) is 1.44. The zero-order chi connectivity index (χ0) is 22.7. The summed E-state index contributed by atoms with van der Waals surface area (Å²) in [6.07, 6.45) is 3.30. The fraction of sp³-hybridized carbons (Fsp3) is 0.111. The molecule has 4 aromatic rings. The fourth-order valence-corrected chi connectivity index (χ4v) is 3.94. The maximum atomic E-state index is 13.5. The molecular formula is C27H22ClNO3. The van der Waals surface area contributed by atoms with Gasteiger partial charge in [-0.2, -0.15) is 0 Å². The topological polar surface area (TPSA) is 48.4 Å². The third-order valence-electron chi connectivity index (χ3n) is 5.29. The van der Waals surface area contributed by atoms with E-state index >= 15 is 0 Å². The van der Waals surface area contributed by atoms with Crippen LogP contribution in [0.3, 0.4) is 0 Å². The first-order valence-corrected chi connectivity index (χ1v) is 10.5. The van der Waals surface area contributed by atoms with Crippen molar-refractivity contribution in [2.75, 3.05) is 14.2 Å². The molecule has 0 bridgehead atoms. The maximum absolute atomic E-state index is 13.5. The molecule has 3 aromatic carbocycles. The number of ketones is 1. The quantitative estimate of drug-likeness (QED) is 0.243. The van der Waals surface area contributed by atoms with Crippen molar-refractivity contribution >= 4 is 34.4 Å². The Labute approximate surface area is 192 Å². The number of aryl methyl sites for hydroxylation is 1. The van der Waals surface area contributed by atoms with Crippen LogP contribution in [0.25, 0.3) is 28.1 Å². The Balaban J connectivity index is 1.86. The summed E-state index contributed by atoms with van der Waals surface area (Å²) >= 11 is 6.30. The number of fused-ring (bicyclic) bond motifs is 1. The molecule has 0 atom stereocenters. The summed E-state index contributed by atoms with van der Waals surface area (Å²) < 4.78 is 10.7. The molecule has 0 aliphatic rings. The third-order valence-corrected chi connectivity index (χ3v) is 5.53. The van der Waals surface area contributed by atoms with Gasteiger partial charge in [-0.25, -0.2) is 0 Å². The lowest BCUT2D eigenvalue weighted by atomic mass is 9.92. The highest BCUT2D eigenvalue weighted by Gasteiger charge is 2.19. The van der Waals surface area contributed by atoms with Gasteiger partial charge in [0.1, 0.15) is 11.5 Å². The zero-order valence-corrected chi connectivity index (χ0v) is 18.8. The van der Waals surface area contributed by atoms with E-state index in [2.05, 4.69) is 4.98 Å². The molecule has 4 rings (SSSR count). The van der Waals surface area contributed by atoms with Crippen LogP contribution in [0.15, 0.2) is 72.8 Å².